The van der Waals surface area contributed by atoms with Crippen molar-refractivity contribution in [1.29, 1.82) is 10.5 Å². The van der Waals surface area contributed by atoms with Crippen LogP contribution in [0.1, 0.15) is 48.3 Å². The summed E-state index contributed by atoms with van der Waals surface area (Å²) in [6.45, 7) is 5.32. The van der Waals surface area contributed by atoms with Crippen LogP contribution in [0.5, 0.6) is 0 Å². The van der Waals surface area contributed by atoms with Gasteiger partial charge in [-0.1, -0.05) is 12.1 Å². The molecule has 0 amide bonds. The molecule has 6 nitrogen and oxygen atoms in total. The van der Waals surface area contributed by atoms with Gasteiger partial charge >= 0.3 is 0 Å². The number of para-hydroxylation sites is 2. The Bertz CT molecular complexity index is 1190. The van der Waals surface area contributed by atoms with Gasteiger partial charge in [0.1, 0.15) is 11.9 Å². The molecule has 0 spiro atoms. The van der Waals surface area contributed by atoms with Gasteiger partial charge in [0.25, 0.3) is 0 Å². The molecule has 2 fully saturated rings. The summed E-state index contributed by atoms with van der Waals surface area (Å²) in [6, 6.07) is 13.0. The lowest BCUT2D eigenvalue weighted by molar-refractivity contribution is 0.0852. The second-order valence-electron chi connectivity index (χ2n) is 8.39. The standard InChI is InChI=1S/C24H25N5O.ClH/c1-16-22(18-8-12-30-13-9-18)19(15-26)23-27-20-4-2-3-5-21(20)29(23)24(16)28-10-6-17(14-25)7-11-28;/h2-5,17-18H,6-13H2,1H3;1H. The predicted octanol–water partition coefficient (Wildman–Crippen LogP) is 4.72. The maximum atomic E-state index is 10.2. The van der Waals surface area contributed by atoms with Gasteiger partial charge in [0.05, 0.1) is 22.7 Å². The Labute approximate surface area is 188 Å². The first kappa shape index (κ1) is 21.4. The van der Waals surface area contributed by atoms with E-state index in [2.05, 4.69) is 34.4 Å². The Balaban J connectivity index is 0.00000231. The third-order valence-electron chi connectivity index (χ3n) is 6.72. The molecule has 2 aliphatic rings. The number of halogens is 1. The molecule has 2 saturated heterocycles. The number of imidazole rings is 1. The lowest BCUT2D eigenvalue weighted by atomic mass is 9.85. The molecule has 3 aromatic rings. The van der Waals surface area contributed by atoms with Crippen LogP contribution in [0.15, 0.2) is 24.3 Å². The summed E-state index contributed by atoms with van der Waals surface area (Å²) >= 11 is 0. The van der Waals surface area contributed by atoms with Gasteiger partial charge in [0, 0.05) is 32.2 Å². The van der Waals surface area contributed by atoms with E-state index in [4.69, 9.17) is 9.72 Å². The monoisotopic (exact) mass is 435 g/mol. The summed E-state index contributed by atoms with van der Waals surface area (Å²) in [6.07, 6.45) is 3.61. The summed E-state index contributed by atoms with van der Waals surface area (Å²) in [5, 5.41) is 19.5. The number of pyridine rings is 1. The summed E-state index contributed by atoms with van der Waals surface area (Å²) in [4.78, 5) is 7.30. The van der Waals surface area contributed by atoms with Crippen LogP contribution in [-0.2, 0) is 4.74 Å². The second-order valence-corrected chi connectivity index (χ2v) is 8.39. The fourth-order valence-electron chi connectivity index (χ4n) is 5.21. The number of nitrogens with zero attached hydrogens (tertiary/aromatic N) is 5. The Morgan fingerprint density at radius 1 is 1.06 bits per heavy atom. The summed E-state index contributed by atoms with van der Waals surface area (Å²) < 4.78 is 7.78. The van der Waals surface area contributed by atoms with Crippen LogP contribution < -0.4 is 4.90 Å². The van der Waals surface area contributed by atoms with Gasteiger partial charge in [-0.05, 0) is 61.8 Å². The first-order valence-electron chi connectivity index (χ1n) is 10.8. The van der Waals surface area contributed by atoms with Crippen molar-refractivity contribution in [2.24, 2.45) is 5.92 Å². The van der Waals surface area contributed by atoms with Gasteiger partial charge in [0.15, 0.2) is 5.65 Å². The number of ether oxygens (including phenoxy) is 1. The van der Waals surface area contributed by atoms with Gasteiger partial charge in [-0.15, -0.1) is 12.4 Å². The highest BCUT2D eigenvalue weighted by Gasteiger charge is 2.30. The number of hydrogen-bond donors (Lipinski definition) is 0. The van der Waals surface area contributed by atoms with Crippen LogP contribution in [-0.4, -0.2) is 35.7 Å². The number of hydrogen-bond acceptors (Lipinski definition) is 5. The zero-order valence-electron chi connectivity index (χ0n) is 17.7. The molecule has 5 rings (SSSR count). The highest BCUT2D eigenvalue weighted by molar-refractivity contribution is 5.86. The van der Waals surface area contributed by atoms with E-state index in [-0.39, 0.29) is 18.3 Å². The quantitative estimate of drug-likeness (QED) is 0.581. The van der Waals surface area contributed by atoms with E-state index in [0.29, 0.717) is 11.5 Å². The van der Waals surface area contributed by atoms with Gasteiger partial charge in [0.2, 0.25) is 0 Å². The van der Waals surface area contributed by atoms with Gasteiger partial charge in [-0.3, -0.25) is 4.40 Å². The molecule has 2 aliphatic heterocycles. The first-order valence-corrected chi connectivity index (χ1v) is 10.8. The van der Waals surface area contributed by atoms with Crippen molar-refractivity contribution in [3.63, 3.8) is 0 Å². The third-order valence-corrected chi connectivity index (χ3v) is 6.72. The van der Waals surface area contributed by atoms with E-state index in [1.54, 1.807) is 0 Å². The second kappa shape index (κ2) is 8.75. The molecule has 4 heterocycles. The molecular weight excluding hydrogens is 410 g/mol. The van der Waals surface area contributed by atoms with E-state index in [0.717, 1.165) is 80.0 Å². The van der Waals surface area contributed by atoms with Crippen LogP contribution in [0.25, 0.3) is 16.7 Å². The first-order chi connectivity index (χ1) is 14.7. The number of piperidine rings is 1. The molecular formula is C24H26ClN5O. The van der Waals surface area contributed by atoms with Crippen molar-refractivity contribution in [1.82, 2.24) is 9.38 Å². The molecule has 0 bridgehead atoms. The van der Waals surface area contributed by atoms with Crippen molar-refractivity contribution < 1.29 is 4.74 Å². The largest absolute Gasteiger partial charge is 0.381 e. The number of anilines is 1. The SMILES string of the molecule is Cc1c(C2CCOCC2)c(C#N)c2nc3ccccc3n2c1N1CCC(C#N)CC1.Cl. The maximum absolute atomic E-state index is 10.2. The molecule has 0 radical (unpaired) electrons. The Morgan fingerprint density at radius 2 is 1.77 bits per heavy atom. The molecule has 0 saturated carbocycles. The Hall–Kier alpha value is -2.80. The normalized spacial score (nSPS) is 18.0. The number of rotatable bonds is 2. The zero-order valence-corrected chi connectivity index (χ0v) is 18.5. The average Bonchev–Trinajstić information content (AvgIpc) is 3.18. The lowest BCUT2D eigenvalue weighted by Gasteiger charge is -2.35. The molecule has 0 N–H and O–H groups in total. The predicted molar refractivity (Wildman–Crippen MR) is 123 cm³/mol. The van der Waals surface area contributed by atoms with E-state index >= 15 is 0 Å². The molecule has 31 heavy (non-hydrogen) atoms. The fourth-order valence-corrected chi connectivity index (χ4v) is 5.21. The van der Waals surface area contributed by atoms with E-state index < -0.39 is 0 Å². The molecule has 2 aromatic heterocycles. The molecule has 1 aromatic carbocycles. The number of nitriles is 2. The topological polar surface area (TPSA) is 77.3 Å². The molecule has 7 heteroatoms. The van der Waals surface area contributed by atoms with Crippen molar-refractivity contribution in [3.05, 3.63) is 41.0 Å². The number of aromatic nitrogens is 2. The number of benzene rings is 1. The highest BCUT2D eigenvalue weighted by atomic mass is 35.5. The van der Waals surface area contributed by atoms with Crippen LogP contribution in [0.3, 0.4) is 0 Å². The van der Waals surface area contributed by atoms with Gasteiger partial charge in [-0.25, -0.2) is 4.98 Å². The average molecular weight is 436 g/mol. The molecule has 0 atom stereocenters. The van der Waals surface area contributed by atoms with Gasteiger partial charge < -0.3 is 9.64 Å². The van der Waals surface area contributed by atoms with Crippen molar-refractivity contribution in [3.8, 4) is 12.1 Å². The Morgan fingerprint density at radius 3 is 2.45 bits per heavy atom. The van der Waals surface area contributed by atoms with Crippen molar-refractivity contribution in [2.75, 3.05) is 31.2 Å². The molecule has 0 unspecified atom stereocenters. The zero-order chi connectivity index (χ0) is 20.7. The Kier molecular flexibility index (Phi) is 6.05. The van der Waals surface area contributed by atoms with Crippen LogP contribution in [0, 0.1) is 35.5 Å². The minimum absolute atomic E-state index is 0. The minimum atomic E-state index is 0. The number of fused-ring (bicyclic) bond motifs is 3. The van der Waals surface area contributed by atoms with Crippen LogP contribution in [0.4, 0.5) is 5.82 Å². The van der Waals surface area contributed by atoms with Gasteiger partial charge in [-0.2, -0.15) is 10.5 Å². The van der Waals surface area contributed by atoms with Crippen molar-refractivity contribution in [2.45, 2.75) is 38.5 Å². The van der Waals surface area contributed by atoms with E-state index in [1.165, 1.54) is 5.56 Å². The third kappa shape index (κ3) is 3.51. The van der Waals surface area contributed by atoms with E-state index in [1.807, 2.05) is 18.2 Å². The minimum Gasteiger partial charge on any atom is -0.381 e. The van der Waals surface area contributed by atoms with Crippen molar-refractivity contribution >= 4 is 34.9 Å². The van der Waals surface area contributed by atoms with Crippen LogP contribution >= 0.6 is 12.4 Å². The summed E-state index contributed by atoms with van der Waals surface area (Å²) in [5.74, 6) is 1.58. The van der Waals surface area contributed by atoms with Crippen LogP contribution in [0.2, 0.25) is 0 Å². The van der Waals surface area contributed by atoms with E-state index in [9.17, 15) is 10.5 Å². The summed E-state index contributed by atoms with van der Waals surface area (Å²) in [7, 11) is 0. The molecule has 0 aliphatic carbocycles. The fraction of sp³-hybridized carbons (Fsp3) is 0.458. The summed E-state index contributed by atoms with van der Waals surface area (Å²) in [5.41, 5.74) is 5.70. The lowest BCUT2D eigenvalue weighted by Crippen LogP contribution is -2.35. The maximum Gasteiger partial charge on any atom is 0.157 e. The smallest absolute Gasteiger partial charge is 0.157 e. The highest BCUT2D eigenvalue weighted by Crippen LogP contribution is 2.40. The molecule has 160 valence electrons.